The van der Waals surface area contributed by atoms with E-state index in [1.165, 1.54) is 0 Å². The van der Waals surface area contributed by atoms with Gasteiger partial charge in [0.15, 0.2) is 5.78 Å². The predicted molar refractivity (Wildman–Crippen MR) is 206 cm³/mol. The summed E-state index contributed by atoms with van der Waals surface area (Å²) in [5.74, 6) is 1.29. The van der Waals surface area contributed by atoms with Crippen LogP contribution in [0.2, 0.25) is 10.0 Å². The van der Waals surface area contributed by atoms with E-state index in [9.17, 15) is 9.90 Å². The normalized spacial score (nSPS) is 15.8. The number of carbonyl (C=O) groups is 1. The van der Waals surface area contributed by atoms with Crippen molar-refractivity contribution in [3.63, 3.8) is 0 Å². The number of aromatic nitrogens is 3. The summed E-state index contributed by atoms with van der Waals surface area (Å²) < 4.78 is 0. The Balaban J connectivity index is 0.853. The largest absolute Gasteiger partial charge is 0.387 e. The van der Waals surface area contributed by atoms with Crippen molar-refractivity contribution in [3.05, 3.63) is 105 Å². The van der Waals surface area contributed by atoms with Crippen LogP contribution in [0.15, 0.2) is 72.7 Å². The number of anilines is 2. The standard InChI is InChI=1S/C39H38Cl2N8O2/c1-48(16-12-44-38-34-32(26-6-4-22(40)18-30(26)46-38)28-20-42-10-8-24(28)36(34)50)14-3-15-49(2)17-13-45-39-35-33(27-7-5-23(41)19-31(27)47-39)29-21-43-11-9-25(29)37(35)51/h4-11,18-20,36,43,50H,3,12-17,21H2,1-2H3,(H,44,46)(H,45,47). The smallest absolute Gasteiger partial charge is 0.197 e. The number of rotatable bonds is 12. The van der Waals surface area contributed by atoms with Crippen molar-refractivity contribution in [1.29, 1.82) is 0 Å². The SMILES string of the molecule is CN(CCCN(C)CCNc1nc2cc(Cl)ccc2c2c1C(O)c1ccncc1-2)CCNc1nc2cc(Cl)ccc2c2c1C(=O)C1=C2CNC=C1. The molecular weight excluding hydrogens is 683 g/mol. The van der Waals surface area contributed by atoms with E-state index in [-0.39, 0.29) is 5.78 Å². The number of benzene rings is 2. The monoisotopic (exact) mass is 720 g/mol. The molecule has 8 rings (SSSR count). The van der Waals surface area contributed by atoms with Crippen molar-refractivity contribution < 1.29 is 9.90 Å². The maximum Gasteiger partial charge on any atom is 0.197 e. The fourth-order valence-electron chi connectivity index (χ4n) is 7.49. The Morgan fingerprint density at radius 2 is 1.51 bits per heavy atom. The number of nitrogens with zero attached hydrogens (tertiary/aromatic N) is 5. The van der Waals surface area contributed by atoms with Crippen LogP contribution in [0.4, 0.5) is 11.6 Å². The number of fused-ring (bicyclic) bond motifs is 9. The van der Waals surface area contributed by atoms with Crippen molar-refractivity contribution >= 4 is 68.0 Å². The molecule has 4 heterocycles. The highest BCUT2D eigenvalue weighted by atomic mass is 35.5. The van der Waals surface area contributed by atoms with Crippen molar-refractivity contribution in [3.8, 4) is 11.1 Å². The molecule has 5 aromatic rings. The van der Waals surface area contributed by atoms with Crippen LogP contribution in [-0.2, 0) is 0 Å². The number of aliphatic hydroxyl groups is 1. The van der Waals surface area contributed by atoms with E-state index in [0.717, 1.165) is 93.4 Å². The van der Waals surface area contributed by atoms with Gasteiger partial charge in [-0.15, -0.1) is 0 Å². The number of halogens is 2. The average molecular weight is 722 g/mol. The summed E-state index contributed by atoms with van der Waals surface area (Å²) in [6.07, 6.45) is 7.43. The fourth-order valence-corrected chi connectivity index (χ4v) is 7.82. The zero-order valence-electron chi connectivity index (χ0n) is 28.4. The third-order valence-corrected chi connectivity index (χ3v) is 10.5. The zero-order valence-corrected chi connectivity index (χ0v) is 29.9. The van der Waals surface area contributed by atoms with E-state index in [2.05, 4.69) is 44.8 Å². The maximum atomic E-state index is 13.5. The molecule has 260 valence electrons. The number of pyridine rings is 3. The predicted octanol–water partition coefficient (Wildman–Crippen LogP) is 6.39. The summed E-state index contributed by atoms with van der Waals surface area (Å²) >= 11 is 12.7. The van der Waals surface area contributed by atoms with E-state index in [1.807, 2.05) is 60.9 Å². The van der Waals surface area contributed by atoms with Crippen LogP contribution < -0.4 is 16.0 Å². The van der Waals surface area contributed by atoms with Gasteiger partial charge in [-0.3, -0.25) is 9.78 Å². The van der Waals surface area contributed by atoms with Gasteiger partial charge in [0.05, 0.1) is 16.6 Å². The van der Waals surface area contributed by atoms with Gasteiger partial charge in [0.1, 0.15) is 17.7 Å². The Morgan fingerprint density at radius 1 is 0.863 bits per heavy atom. The number of dihydropyridines is 1. The Kier molecular flexibility index (Phi) is 9.12. The van der Waals surface area contributed by atoms with E-state index in [0.29, 0.717) is 46.9 Å². The van der Waals surface area contributed by atoms with Crippen LogP contribution in [-0.4, -0.2) is 95.6 Å². The Hall–Kier alpha value is -4.58. The molecule has 0 fully saturated rings. The lowest BCUT2D eigenvalue weighted by atomic mass is 9.99. The first-order valence-electron chi connectivity index (χ1n) is 17.2. The van der Waals surface area contributed by atoms with Crippen molar-refractivity contribution in [1.82, 2.24) is 30.1 Å². The minimum Gasteiger partial charge on any atom is -0.387 e. The van der Waals surface area contributed by atoms with E-state index < -0.39 is 6.10 Å². The number of hydrogen-bond donors (Lipinski definition) is 4. The lowest BCUT2D eigenvalue weighted by molar-refractivity contribution is 0.104. The Bertz CT molecular complexity index is 2270. The number of Topliss-reactive ketones (excluding diaryl/α,β-unsaturated/α-hetero) is 1. The highest BCUT2D eigenvalue weighted by Crippen LogP contribution is 2.49. The first-order valence-corrected chi connectivity index (χ1v) is 18.0. The number of likely N-dealkylation sites (N-methyl/N-ethyl adjacent to an activating group) is 2. The van der Waals surface area contributed by atoms with Crippen LogP contribution in [0.5, 0.6) is 0 Å². The molecule has 1 atom stereocenters. The summed E-state index contributed by atoms with van der Waals surface area (Å²) in [5, 5.41) is 24.6. The quantitative estimate of drug-likeness (QED) is 0.116. The number of nitrogens with one attached hydrogen (secondary N) is 3. The molecule has 12 heteroatoms. The first kappa shape index (κ1) is 33.6. The molecule has 0 saturated carbocycles. The summed E-state index contributed by atoms with van der Waals surface area (Å²) in [5.41, 5.74) is 8.40. The molecule has 2 aromatic carbocycles. The molecule has 51 heavy (non-hydrogen) atoms. The Morgan fingerprint density at radius 3 is 2.22 bits per heavy atom. The average Bonchev–Trinajstić information content (AvgIpc) is 3.59. The van der Waals surface area contributed by atoms with Gasteiger partial charge in [0.25, 0.3) is 0 Å². The van der Waals surface area contributed by atoms with Gasteiger partial charge in [-0.1, -0.05) is 35.3 Å². The third kappa shape index (κ3) is 6.21. The molecule has 10 nitrogen and oxygen atoms in total. The molecule has 4 N–H and O–H groups in total. The van der Waals surface area contributed by atoms with Gasteiger partial charge in [-0.05, 0) is 87.4 Å². The summed E-state index contributed by atoms with van der Waals surface area (Å²) in [7, 11) is 4.23. The Labute approximate surface area is 306 Å². The molecule has 3 aliphatic rings. The van der Waals surface area contributed by atoms with Crippen LogP contribution in [0.1, 0.15) is 39.6 Å². The van der Waals surface area contributed by atoms with Gasteiger partial charge in [-0.2, -0.15) is 0 Å². The number of carbonyl (C=O) groups excluding carboxylic acids is 1. The molecule has 1 unspecified atom stereocenters. The minimum atomic E-state index is -0.774. The second-order valence-electron chi connectivity index (χ2n) is 13.4. The number of aliphatic hydroxyl groups excluding tert-OH is 1. The maximum absolute atomic E-state index is 13.5. The summed E-state index contributed by atoms with van der Waals surface area (Å²) in [6.45, 7) is 5.36. The third-order valence-electron chi connectivity index (χ3n) is 10.0. The molecule has 0 saturated heterocycles. The van der Waals surface area contributed by atoms with Crippen molar-refractivity contribution in [2.75, 3.05) is 70.5 Å². The van der Waals surface area contributed by atoms with E-state index >= 15 is 0 Å². The van der Waals surface area contributed by atoms with Crippen molar-refractivity contribution in [2.45, 2.75) is 12.5 Å². The zero-order chi connectivity index (χ0) is 35.2. The summed E-state index contributed by atoms with van der Waals surface area (Å²) in [4.78, 5) is 32.2. The minimum absolute atomic E-state index is 0.0132. The molecule has 0 spiro atoms. The highest BCUT2D eigenvalue weighted by molar-refractivity contribution is 6.32. The molecule has 0 bridgehead atoms. The highest BCUT2D eigenvalue weighted by Gasteiger charge is 2.35. The number of allylic oxidation sites excluding steroid dienone is 2. The van der Waals surface area contributed by atoms with E-state index in [1.54, 1.807) is 6.20 Å². The second kappa shape index (κ2) is 13.9. The second-order valence-corrected chi connectivity index (χ2v) is 14.3. The molecule has 1 aliphatic heterocycles. The van der Waals surface area contributed by atoms with E-state index in [4.69, 9.17) is 33.2 Å². The lowest BCUT2D eigenvalue weighted by Crippen LogP contribution is -2.31. The van der Waals surface area contributed by atoms with Crippen LogP contribution >= 0.6 is 23.2 Å². The van der Waals surface area contributed by atoms with Gasteiger partial charge >= 0.3 is 0 Å². The van der Waals surface area contributed by atoms with Gasteiger partial charge < -0.3 is 30.9 Å². The molecule has 2 aliphatic carbocycles. The fraction of sp³-hybridized carbons (Fsp3) is 0.282. The van der Waals surface area contributed by atoms with Gasteiger partial charge in [-0.25, -0.2) is 9.97 Å². The lowest BCUT2D eigenvalue weighted by Gasteiger charge is -2.22. The number of hydrogen-bond acceptors (Lipinski definition) is 10. The van der Waals surface area contributed by atoms with Crippen LogP contribution in [0.25, 0.3) is 38.5 Å². The summed E-state index contributed by atoms with van der Waals surface area (Å²) in [6, 6.07) is 13.2. The number of ketones is 1. The topological polar surface area (TPSA) is 119 Å². The molecular formula is C39H38Cl2N8O2. The van der Waals surface area contributed by atoms with Gasteiger partial charge in [0, 0.05) is 93.8 Å². The van der Waals surface area contributed by atoms with Crippen LogP contribution in [0, 0.1) is 0 Å². The van der Waals surface area contributed by atoms with Crippen molar-refractivity contribution in [2.24, 2.45) is 0 Å². The molecule has 0 amide bonds. The van der Waals surface area contributed by atoms with Crippen LogP contribution in [0.3, 0.4) is 0 Å². The molecule has 0 radical (unpaired) electrons. The molecule has 3 aromatic heterocycles. The van der Waals surface area contributed by atoms with Gasteiger partial charge in [0.2, 0.25) is 0 Å². The first-order chi connectivity index (χ1) is 24.8.